The second kappa shape index (κ2) is 9.50. The van der Waals surface area contributed by atoms with Crippen molar-refractivity contribution in [3.8, 4) is 16.9 Å². The third-order valence-corrected chi connectivity index (χ3v) is 6.44. The van der Waals surface area contributed by atoms with E-state index in [1.54, 1.807) is 17.7 Å². The van der Waals surface area contributed by atoms with Crippen molar-refractivity contribution in [2.24, 2.45) is 5.92 Å². The van der Waals surface area contributed by atoms with Crippen LogP contribution in [0.1, 0.15) is 19.8 Å². The summed E-state index contributed by atoms with van der Waals surface area (Å²) in [5, 5.41) is 5.21. The van der Waals surface area contributed by atoms with Crippen molar-refractivity contribution in [2.75, 3.05) is 30.3 Å². The van der Waals surface area contributed by atoms with Crippen LogP contribution in [0.4, 0.5) is 16.2 Å². The van der Waals surface area contributed by atoms with Gasteiger partial charge in [0, 0.05) is 18.7 Å². The average Bonchev–Trinajstić information content (AvgIpc) is 3.22. The molecule has 35 heavy (non-hydrogen) atoms. The van der Waals surface area contributed by atoms with Crippen molar-refractivity contribution in [1.29, 1.82) is 0 Å². The summed E-state index contributed by atoms with van der Waals surface area (Å²) in [6, 6.07) is 13.9. The Kier molecular flexibility index (Phi) is 6.25. The summed E-state index contributed by atoms with van der Waals surface area (Å²) in [6.45, 7) is 3.36. The minimum Gasteiger partial charge on any atom is -0.466 e. The Hall–Kier alpha value is -3.72. The van der Waals surface area contributed by atoms with Gasteiger partial charge in [-0.25, -0.2) is 14.1 Å². The van der Waals surface area contributed by atoms with Crippen LogP contribution in [0.25, 0.3) is 28.0 Å². The van der Waals surface area contributed by atoms with E-state index in [4.69, 9.17) is 32.0 Å². The first kappa shape index (κ1) is 23.0. The molecule has 0 spiro atoms. The standard InChI is InChI=1S/C25H24ClFN6O2/c1-2-35-24(34)15-10-12-32(13-11-15)25-29-21(16-8-9-19(27)18(26)14-16)20-22(28)33(31-23(20)30-25)17-6-4-3-5-7-17/h3-9,14-15H,2,10-13,28H2,1H3. The molecule has 0 radical (unpaired) electrons. The van der Waals surface area contributed by atoms with Gasteiger partial charge in [0.15, 0.2) is 5.65 Å². The summed E-state index contributed by atoms with van der Waals surface area (Å²) in [5.74, 6) is 0.00916. The fourth-order valence-electron chi connectivity index (χ4n) is 4.34. The van der Waals surface area contributed by atoms with Gasteiger partial charge in [0.05, 0.1) is 34.3 Å². The van der Waals surface area contributed by atoms with E-state index in [1.807, 2.05) is 35.2 Å². The summed E-state index contributed by atoms with van der Waals surface area (Å²) in [4.78, 5) is 23.7. The Morgan fingerprint density at radius 2 is 1.91 bits per heavy atom. The van der Waals surface area contributed by atoms with Crippen LogP contribution < -0.4 is 10.6 Å². The number of nitrogens with zero attached hydrogens (tertiary/aromatic N) is 5. The van der Waals surface area contributed by atoms with Gasteiger partial charge in [0.2, 0.25) is 5.95 Å². The molecule has 2 aromatic carbocycles. The largest absolute Gasteiger partial charge is 0.466 e. The number of hydrogen-bond donors (Lipinski definition) is 1. The molecule has 0 atom stereocenters. The third-order valence-electron chi connectivity index (χ3n) is 6.15. The molecule has 8 nitrogen and oxygen atoms in total. The van der Waals surface area contributed by atoms with Crippen LogP contribution in [0.5, 0.6) is 0 Å². The van der Waals surface area contributed by atoms with Gasteiger partial charge in [-0.3, -0.25) is 4.79 Å². The van der Waals surface area contributed by atoms with Crippen molar-refractivity contribution in [1.82, 2.24) is 19.7 Å². The molecule has 0 aliphatic carbocycles. The SMILES string of the molecule is CCOC(=O)C1CCN(c2nc(-c3ccc(F)c(Cl)c3)c3c(N)n(-c4ccccc4)nc3n2)CC1. The number of fused-ring (bicyclic) bond motifs is 1. The second-order valence-electron chi connectivity index (χ2n) is 8.35. The van der Waals surface area contributed by atoms with Crippen LogP contribution in [0.2, 0.25) is 5.02 Å². The van der Waals surface area contributed by atoms with Crippen molar-refractivity contribution in [3.05, 3.63) is 59.4 Å². The molecule has 2 aromatic heterocycles. The van der Waals surface area contributed by atoms with E-state index in [2.05, 4.69) is 5.10 Å². The van der Waals surface area contributed by atoms with E-state index in [0.717, 1.165) is 5.69 Å². The molecule has 0 saturated carbocycles. The van der Waals surface area contributed by atoms with Crippen LogP contribution >= 0.6 is 11.6 Å². The first-order chi connectivity index (χ1) is 17.0. The smallest absolute Gasteiger partial charge is 0.309 e. The van der Waals surface area contributed by atoms with Gasteiger partial charge < -0.3 is 15.4 Å². The third kappa shape index (κ3) is 4.39. The average molecular weight is 495 g/mol. The highest BCUT2D eigenvalue weighted by atomic mass is 35.5. The number of para-hydroxylation sites is 1. The first-order valence-corrected chi connectivity index (χ1v) is 11.8. The number of piperidine rings is 1. The number of nitrogen functional groups attached to an aromatic ring is 1. The van der Waals surface area contributed by atoms with E-state index in [0.29, 0.717) is 66.6 Å². The van der Waals surface area contributed by atoms with Gasteiger partial charge in [0.1, 0.15) is 11.6 Å². The molecule has 4 aromatic rings. The van der Waals surface area contributed by atoms with E-state index in [1.165, 1.54) is 12.1 Å². The molecule has 180 valence electrons. The molecule has 3 heterocycles. The zero-order chi connectivity index (χ0) is 24.5. The lowest BCUT2D eigenvalue weighted by atomic mass is 9.97. The summed E-state index contributed by atoms with van der Waals surface area (Å²) in [5.41, 5.74) is 8.85. The molecule has 0 unspecified atom stereocenters. The van der Waals surface area contributed by atoms with Crippen molar-refractivity contribution in [2.45, 2.75) is 19.8 Å². The van der Waals surface area contributed by atoms with Crippen LogP contribution in [0, 0.1) is 11.7 Å². The topological polar surface area (TPSA) is 99.2 Å². The number of hydrogen-bond acceptors (Lipinski definition) is 7. The lowest BCUT2D eigenvalue weighted by molar-refractivity contribution is -0.148. The summed E-state index contributed by atoms with van der Waals surface area (Å²) in [6.07, 6.45) is 1.27. The molecule has 1 aliphatic rings. The summed E-state index contributed by atoms with van der Waals surface area (Å²) in [7, 11) is 0. The predicted octanol–water partition coefficient (Wildman–Crippen LogP) is 4.64. The van der Waals surface area contributed by atoms with Crippen LogP contribution in [-0.4, -0.2) is 45.4 Å². The molecule has 1 saturated heterocycles. The monoisotopic (exact) mass is 494 g/mol. The number of rotatable bonds is 5. The highest BCUT2D eigenvalue weighted by Crippen LogP contribution is 2.35. The molecule has 1 aliphatic heterocycles. The van der Waals surface area contributed by atoms with Gasteiger partial charge in [-0.15, -0.1) is 5.10 Å². The maximum atomic E-state index is 13.9. The number of halogens is 2. The summed E-state index contributed by atoms with van der Waals surface area (Å²) < 4.78 is 20.7. The maximum absolute atomic E-state index is 13.9. The van der Waals surface area contributed by atoms with Crippen LogP contribution in [0.3, 0.4) is 0 Å². The highest BCUT2D eigenvalue weighted by Gasteiger charge is 2.28. The molecule has 2 N–H and O–H groups in total. The Balaban J connectivity index is 1.60. The molecular weight excluding hydrogens is 471 g/mol. The lowest BCUT2D eigenvalue weighted by Crippen LogP contribution is -2.38. The van der Waals surface area contributed by atoms with Crippen molar-refractivity contribution < 1.29 is 13.9 Å². The number of anilines is 2. The highest BCUT2D eigenvalue weighted by molar-refractivity contribution is 6.31. The minimum atomic E-state index is -0.519. The van der Waals surface area contributed by atoms with Crippen LogP contribution in [-0.2, 0) is 9.53 Å². The Labute approximate surface area is 206 Å². The number of carbonyl (C=O) groups excluding carboxylic acids is 1. The molecule has 10 heteroatoms. The van der Waals surface area contributed by atoms with Crippen LogP contribution in [0.15, 0.2) is 48.5 Å². The van der Waals surface area contributed by atoms with Crippen molar-refractivity contribution >= 4 is 40.4 Å². The second-order valence-corrected chi connectivity index (χ2v) is 8.75. The van der Waals surface area contributed by atoms with E-state index < -0.39 is 5.82 Å². The molecule has 0 bridgehead atoms. The Bertz CT molecular complexity index is 1390. The summed E-state index contributed by atoms with van der Waals surface area (Å²) >= 11 is 6.09. The number of carbonyl (C=O) groups is 1. The quantitative estimate of drug-likeness (QED) is 0.403. The van der Waals surface area contributed by atoms with Gasteiger partial charge >= 0.3 is 5.97 Å². The molecule has 5 rings (SSSR count). The zero-order valence-corrected chi connectivity index (χ0v) is 19.9. The molecule has 1 fully saturated rings. The van der Waals surface area contributed by atoms with Gasteiger partial charge in [0.25, 0.3) is 0 Å². The maximum Gasteiger partial charge on any atom is 0.309 e. The predicted molar refractivity (Wildman–Crippen MR) is 133 cm³/mol. The van der Waals surface area contributed by atoms with E-state index >= 15 is 0 Å². The molecular formula is C25H24ClFN6O2. The van der Waals surface area contributed by atoms with E-state index in [9.17, 15) is 9.18 Å². The van der Waals surface area contributed by atoms with Crippen molar-refractivity contribution in [3.63, 3.8) is 0 Å². The van der Waals surface area contributed by atoms with Gasteiger partial charge in [-0.1, -0.05) is 29.8 Å². The Morgan fingerprint density at radius 3 is 2.60 bits per heavy atom. The lowest BCUT2D eigenvalue weighted by Gasteiger charge is -2.31. The number of esters is 1. The van der Waals surface area contributed by atoms with Gasteiger partial charge in [-0.2, -0.15) is 4.98 Å². The van der Waals surface area contributed by atoms with E-state index in [-0.39, 0.29) is 16.9 Å². The normalized spacial score (nSPS) is 14.4. The number of ether oxygens (including phenoxy) is 1. The number of aromatic nitrogens is 4. The zero-order valence-electron chi connectivity index (χ0n) is 19.1. The van der Waals surface area contributed by atoms with Gasteiger partial charge in [-0.05, 0) is 50.1 Å². The Morgan fingerprint density at radius 1 is 1.17 bits per heavy atom. The number of benzene rings is 2. The first-order valence-electron chi connectivity index (χ1n) is 11.4. The fourth-order valence-corrected chi connectivity index (χ4v) is 4.52. The number of nitrogens with two attached hydrogens (primary N) is 1. The fraction of sp³-hybridized carbons (Fsp3) is 0.280. The minimum absolute atomic E-state index is 0.0138. The molecule has 0 amide bonds.